The highest BCUT2D eigenvalue weighted by molar-refractivity contribution is 5.82. The number of hydrogen-bond donors (Lipinski definition) is 2. The summed E-state index contributed by atoms with van der Waals surface area (Å²) >= 11 is 0. The molecule has 0 aromatic heterocycles. The van der Waals surface area contributed by atoms with Gasteiger partial charge in [-0.15, -0.1) is 0 Å². The van der Waals surface area contributed by atoms with Crippen molar-refractivity contribution in [1.29, 1.82) is 0 Å². The largest absolute Gasteiger partial charge is 0.354 e. The van der Waals surface area contributed by atoms with Gasteiger partial charge in [-0.2, -0.15) is 0 Å². The molecule has 2 rings (SSSR count). The molecule has 0 radical (unpaired) electrons. The van der Waals surface area contributed by atoms with Gasteiger partial charge in [0.2, 0.25) is 5.91 Å². The maximum atomic E-state index is 12.0. The van der Waals surface area contributed by atoms with Crippen molar-refractivity contribution in [3.63, 3.8) is 0 Å². The van der Waals surface area contributed by atoms with Gasteiger partial charge in [0.25, 0.3) is 0 Å². The van der Waals surface area contributed by atoms with Gasteiger partial charge in [0.15, 0.2) is 6.29 Å². The minimum absolute atomic E-state index is 0.0348. The summed E-state index contributed by atoms with van der Waals surface area (Å²) in [5.41, 5.74) is 0. The van der Waals surface area contributed by atoms with Crippen molar-refractivity contribution >= 4 is 5.91 Å². The van der Waals surface area contributed by atoms with Crippen LogP contribution in [0.4, 0.5) is 0 Å². The Balaban J connectivity index is 1.76. The fraction of sp³-hybridized carbons (Fsp3) is 0.923. The highest BCUT2D eigenvalue weighted by atomic mass is 16.7. The summed E-state index contributed by atoms with van der Waals surface area (Å²) in [6.45, 7) is 0.402. The first-order chi connectivity index (χ1) is 8.74. The summed E-state index contributed by atoms with van der Waals surface area (Å²) in [7, 11) is 3.14. The topological polar surface area (TPSA) is 59.6 Å². The molecule has 5 heteroatoms. The zero-order valence-corrected chi connectivity index (χ0v) is 11.3. The van der Waals surface area contributed by atoms with Gasteiger partial charge in [0.05, 0.1) is 12.6 Å². The molecular formula is C13H24N2O3. The van der Waals surface area contributed by atoms with Crippen molar-refractivity contribution in [3.05, 3.63) is 0 Å². The molecule has 5 nitrogen and oxygen atoms in total. The van der Waals surface area contributed by atoms with E-state index >= 15 is 0 Å². The zero-order valence-electron chi connectivity index (χ0n) is 11.3. The predicted octanol–water partition coefficient (Wildman–Crippen LogP) is 0.642. The SMILES string of the molecule is COC(CNC(=O)C1CC2CCCCC2N1)OC. The van der Waals surface area contributed by atoms with Crippen molar-refractivity contribution in [2.24, 2.45) is 5.92 Å². The lowest BCUT2D eigenvalue weighted by Crippen LogP contribution is -2.45. The monoisotopic (exact) mass is 256 g/mol. The third-order valence-corrected chi connectivity index (χ3v) is 4.15. The number of carbonyl (C=O) groups excluding carboxylic acids is 1. The van der Waals surface area contributed by atoms with Crippen LogP contribution in [0.15, 0.2) is 0 Å². The molecule has 2 N–H and O–H groups in total. The first-order valence-electron chi connectivity index (χ1n) is 6.84. The molecule has 3 atom stereocenters. The molecule has 1 amide bonds. The van der Waals surface area contributed by atoms with Crippen LogP contribution >= 0.6 is 0 Å². The van der Waals surface area contributed by atoms with Crippen LogP contribution < -0.4 is 10.6 Å². The van der Waals surface area contributed by atoms with Crippen molar-refractivity contribution in [2.75, 3.05) is 20.8 Å². The van der Waals surface area contributed by atoms with E-state index in [9.17, 15) is 4.79 Å². The van der Waals surface area contributed by atoms with E-state index in [0.717, 1.165) is 6.42 Å². The van der Waals surface area contributed by atoms with E-state index in [2.05, 4.69) is 10.6 Å². The maximum absolute atomic E-state index is 12.0. The Kier molecular flexibility index (Phi) is 4.97. The third-order valence-electron chi connectivity index (χ3n) is 4.15. The van der Waals surface area contributed by atoms with Crippen molar-refractivity contribution in [2.45, 2.75) is 50.5 Å². The quantitative estimate of drug-likeness (QED) is 0.709. The highest BCUT2D eigenvalue weighted by Gasteiger charge is 2.38. The fourth-order valence-electron chi connectivity index (χ4n) is 3.09. The van der Waals surface area contributed by atoms with E-state index in [1.807, 2.05) is 0 Å². The second-order valence-corrected chi connectivity index (χ2v) is 5.25. The smallest absolute Gasteiger partial charge is 0.237 e. The summed E-state index contributed by atoms with van der Waals surface area (Å²) in [6.07, 6.45) is 5.69. The molecule has 3 unspecified atom stereocenters. The molecule has 104 valence electrons. The van der Waals surface area contributed by atoms with Gasteiger partial charge < -0.3 is 20.1 Å². The van der Waals surface area contributed by atoms with Gasteiger partial charge in [-0.3, -0.25) is 4.79 Å². The fourth-order valence-corrected chi connectivity index (χ4v) is 3.09. The molecule has 0 bridgehead atoms. The summed E-state index contributed by atoms with van der Waals surface area (Å²) < 4.78 is 10.1. The zero-order chi connectivity index (χ0) is 13.0. The number of methoxy groups -OCH3 is 2. The van der Waals surface area contributed by atoms with Crippen LogP contribution in [0.2, 0.25) is 0 Å². The molecule has 1 aliphatic carbocycles. The number of hydrogen-bond acceptors (Lipinski definition) is 4. The van der Waals surface area contributed by atoms with Crippen LogP contribution in [0.3, 0.4) is 0 Å². The Labute approximate surface area is 109 Å². The van der Waals surface area contributed by atoms with E-state index in [1.54, 1.807) is 14.2 Å². The molecule has 1 saturated carbocycles. The van der Waals surface area contributed by atoms with Crippen molar-refractivity contribution < 1.29 is 14.3 Å². The second kappa shape index (κ2) is 6.50. The van der Waals surface area contributed by atoms with E-state index in [4.69, 9.17) is 9.47 Å². The van der Waals surface area contributed by atoms with Crippen LogP contribution in [0.5, 0.6) is 0 Å². The number of fused-ring (bicyclic) bond motifs is 1. The number of carbonyl (C=O) groups is 1. The van der Waals surface area contributed by atoms with Gasteiger partial charge >= 0.3 is 0 Å². The van der Waals surface area contributed by atoms with Crippen LogP contribution in [-0.4, -0.2) is 45.0 Å². The Morgan fingerprint density at radius 2 is 2.06 bits per heavy atom. The molecule has 1 aliphatic heterocycles. The summed E-state index contributed by atoms with van der Waals surface area (Å²) in [6, 6.07) is 0.516. The number of ether oxygens (including phenoxy) is 2. The summed E-state index contributed by atoms with van der Waals surface area (Å²) in [4.78, 5) is 12.0. The average molecular weight is 256 g/mol. The van der Waals surface area contributed by atoms with E-state index < -0.39 is 0 Å². The molecule has 0 aromatic carbocycles. The van der Waals surface area contributed by atoms with E-state index in [0.29, 0.717) is 18.5 Å². The van der Waals surface area contributed by atoms with E-state index in [-0.39, 0.29) is 18.2 Å². The van der Waals surface area contributed by atoms with Crippen LogP contribution in [0.1, 0.15) is 32.1 Å². The Bertz CT molecular complexity index is 267. The van der Waals surface area contributed by atoms with Gasteiger partial charge in [-0.1, -0.05) is 12.8 Å². The number of nitrogens with one attached hydrogen (secondary N) is 2. The van der Waals surface area contributed by atoms with Crippen molar-refractivity contribution in [1.82, 2.24) is 10.6 Å². The highest BCUT2D eigenvalue weighted by Crippen LogP contribution is 2.33. The first kappa shape index (κ1) is 13.8. The molecular weight excluding hydrogens is 232 g/mol. The van der Waals surface area contributed by atoms with Crippen LogP contribution in [-0.2, 0) is 14.3 Å². The molecule has 2 fully saturated rings. The summed E-state index contributed by atoms with van der Waals surface area (Å²) in [5, 5.41) is 6.34. The maximum Gasteiger partial charge on any atom is 0.237 e. The van der Waals surface area contributed by atoms with Gasteiger partial charge in [0.1, 0.15) is 0 Å². The lowest BCUT2D eigenvalue weighted by Gasteiger charge is -2.24. The first-order valence-corrected chi connectivity index (χ1v) is 6.84. The molecule has 1 saturated heterocycles. The lowest BCUT2D eigenvalue weighted by atomic mass is 9.85. The number of rotatable bonds is 5. The Morgan fingerprint density at radius 3 is 2.72 bits per heavy atom. The predicted molar refractivity (Wildman–Crippen MR) is 68.1 cm³/mol. The molecule has 0 aromatic rings. The Hall–Kier alpha value is -0.650. The van der Waals surface area contributed by atoms with E-state index in [1.165, 1.54) is 25.7 Å². The molecule has 2 aliphatic rings. The Morgan fingerprint density at radius 1 is 1.33 bits per heavy atom. The molecule has 0 spiro atoms. The van der Waals surface area contributed by atoms with Gasteiger partial charge in [0, 0.05) is 20.3 Å². The van der Waals surface area contributed by atoms with Crippen molar-refractivity contribution in [3.8, 4) is 0 Å². The normalized spacial score (nSPS) is 31.4. The molecule has 1 heterocycles. The second-order valence-electron chi connectivity index (χ2n) is 5.25. The third kappa shape index (κ3) is 3.22. The van der Waals surface area contributed by atoms with Gasteiger partial charge in [-0.05, 0) is 25.2 Å². The van der Waals surface area contributed by atoms with Crippen LogP contribution in [0.25, 0.3) is 0 Å². The standard InChI is InChI=1S/C13H24N2O3/c1-17-12(18-2)8-14-13(16)11-7-9-5-3-4-6-10(9)15-11/h9-12,15H,3-8H2,1-2H3,(H,14,16). The number of amides is 1. The minimum Gasteiger partial charge on any atom is -0.354 e. The van der Waals surface area contributed by atoms with Gasteiger partial charge in [-0.25, -0.2) is 0 Å². The summed E-state index contributed by atoms with van der Waals surface area (Å²) in [5.74, 6) is 0.763. The molecule has 18 heavy (non-hydrogen) atoms. The van der Waals surface area contributed by atoms with Crippen LogP contribution in [0, 0.1) is 5.92 Å². The minimum atomic E-state index is -0.363. The lowest BCUT2D eigenvalue weighted by molar-refractivity contribution is -0.129. The average Bonchev–Trinajstić information content (AvgIpc) is 2.83.